The topological polar surface area (TPSA) is 77.8 Å². The Hall–Kier alpha value is -3.66. The zero-order valence-corrected chi connectivity index (χ0v) is 14.6. The summed E-state index contributed by atoms with van der Waals surface area (Å²) in [5, 5.41) is 0. The third-order valence-corrected chi connectivity index (χ3v) is 5.33. The summed E-state index contributed by atoms with van der Waals surface area (Å²) in [5.41, 5.74) is 19.2. The van der Waals surface area contributed by atoms with Crippen molar-refractivity contribution in [3.8, 4) is 11.3 Å². The van der Waals surface area contributed by atoms with Crippen LogP contribution >= 0.6 is 0 Å². The molecule has 0 fully saturated rings. The molecule has 0 amide bonds. The molecule has 4 nitrogen and oxygen atoms in total. The van der Waals surface area contributed by atoms with Gasteiger partial charge in [-0.2, -0.15) is 0 Å². The Morgan fingerprint density at radius 2 is 1.19 bits per heavy atom. The number of nitrogens with two attached hydrogens (primary N) is 2. The Labute approximate surface area is 157 Å². The molecule has 1 aliphatic carbocycles. The number of nitrogens with zero attached hydrogens (tertiary/aromatic N) is 2. The van der Waals surface area contributed by atoms with Crippen molar-refractivity contribution in [3.05, 3.63) is 108 Å². The molecule has 0 atom stereocenters. The summed E-state index contributed by atoms with van der Waals surface area (Å²) < 4.78 is 0. The van der Waals surface area contributed by atoms with Crippen LogP contribution in [-0.4, -0.2) is 9.97 Å². The molecule has 0 saturated heterocycles. The van der Waals surface area contributed by atoms with Crippen molar-refractivity contribution in [2.24, 2.45) is 0 Å². The number of aromatic nitrogens is 2. The van der Waals surface area contributed by atoms with Crippen LogP contribution in [0.3, 0.4) is 0 Å². The summed E-state index contributed by atoms with van der Waals surface area (Å²) in [4.78, 5) is 9.47. The van der Waals surface area contributed by atoms with Crippen molar-refractivity contribution in [1.29, 1.82) is 0 Å². The number of rotatable bonds is 2. The van der Waals surface area contributed by atoms with Gasteiger partial charge in [0.25, 0.3) is 0 Å². The molecule has 4 aromatic rings. The fraction of sp³-hybridized carbons (Fsp3) is 0.0435. The van der Waals surface area contributed by atoms with Crippen molar-refractivity contribution >= 4 is 11.4 Å². The molecule has 3 aromatic carbocycles. The summed E-state index contributed by atoms with van der Waals surface area (Å²) in [7, 11) is 0. The van der Waals surface area contributed by atoms with Gasteiger partial charge in [0.05, 0.1) is 16.8 Å². The third kappa shape index (κ3) is 2.10. The van der Waals surface area contributed by atoms with Gasteiger partial charge in [0.2, 0.25) is 0 Å². The minimum Gasteiger partial charge on any atom is -0.399 e. The van der Waals surface area contributed by atoms with Crippen LogP contribution in [0.1, 0.15) is 22.4 Å². The van der Waals surface area contributed by atoms with E-state index in [1.807, 2.05) is 30.3 Å². The van der Waals surface area contributed by atoms with Crippen LogP contribution in [0.2, 0.25) is 0 Å². The zero-order chi connectivity index (χ0) is 18.4. The maximum atomic E-state index is 5.97. The second kappa shape index (κ2) is 5.68. The molecule has 0 bridgehead atoms. The maximum absolute atomic E-state index is 5.97. The van der Waals surface area contributed by atoms with E-state index < -0.39 is 5.41 Å². The van der Waals surface area contributed by atoms with Gasteiger partial charge in [0, 0.05) is 29.3 Å². The number of hydrogen-bond donors (Lipinski definition) is 2. The molecule has 4 N–H and O–H groups in total. The first-order valence-corrected chi connectivity index (χ1v) is 8.84. The van der Waals surface area contributed by atoms with Crippen molar-refractivity contribution in [2.45, 2.75) is 5.41 Å². The third-order valence-electron chi connectivity index (χ3n) is 5.33. The van der Waals surface area contributed by atoms with Crippen molar-refractivity contribution in [1.82, 2.24) is 9.97 Å². The van der Waals surface area contributed by atoms with E-state index in [4.69, 9.17) is 16.5 Å². The molecule has 27 heavy (non-hydrogen) atoms. The number of fused-ring (bicyclic) bond motifs is 3. The number of nitrogen functional groups attached to an aromatic ring is 2. The normalized spacial score (nSPS) is 13.8. The Bertz CT molecular complexity index is 1040. The fourth-order valence-electron chi connectivity index (χ4n) is 4.17. The second-order valence-electron chi connectivity index (χ2n) is 6.79. The van der Waals surface area contributed by atoms with Gasteiger partial charge in [-0.1, -0.05) is 48.5 Å². The molecule has 1 aliphatic rings. The van der Waals surface area contributed by atoms with Gasteiger partial charge >= 0.3 is 0 Å². The molecule has 0 unspecified atom stereocenters. The van der Waals surface area contributed by atoms with Gasteiger partial charge in [0.1, 0.15) is 0 Å². The van der Waals surface area contributed by atoms with Gasteiger partial charge < -0.3 is 11.5 Å². The predicted octanol–water partition coefficient (Wildman–Crippen LogP) is 4.00. The van der Waals surface area contributed by atoms with E-state index >= 15 is 0 Å². The number of benzene rings is 3. The van der Waals surface area contributed by atoms with E-state index in [9.17, 15) is 0 Å². The van der Waals surface area contributed by atoms with Crippen LogP contribution < -0.4 is 11.5 Å². The number of anilines is 2. The standard InChI is InChI=1S/C23H18N4/c24-17-9-5-15(6-10-17)23(16-7-11-18(25)12-8-16)20-4-2-1-3-19(20)21-22(23)27-14-13-26-21/h1-14H,24-25H2. The van der Waals surface area contributed by atoms with Crippen LogP contribution in [0.5, 0.6) is 0 Å². The summed E-state index contributed by atoms with van der Waals surface area (Å²) in [6, 6.07) is 24.4. The first-order chi connectivity index (χ1) is 13.2. The van der Waals surface area contributed by atoms with E-state index in [2.05, 4.69) is 47.4 Å². The molecule has 130 valence electrons. The van der Waals surface area contributed by atoms with Gasteiger partial charge in [-0.05, 0) is 41.0 Å². The van der Waals surface area contributed by atoms with Crippen LogP contribution in [0.15, 0.2) is 85.2 Å². The highest BCUT2D eigenvalue weighted by atomic mass is 14.8. The lowest BCUT2D eigenvalue weighted by molar-refractivity contribution is 0.735. The van der Waals surface area contributed by atoms with Gasteiger partial charge in [-0.3, -0.25) is 9.97 Å². The van der Waals surface area contributed by atoms with Crippen molar-refractivity contribution < 1.29 is 0 Å². The molecule has 5 rings (SSSR count). The van der Waals surface area contributed by atoms with Crippen LogP contribution in [0.4, 0.5) is 11.4 Å². The molecular weight excluding hydrogens is 332 g/mol. The monoisotopic (exact) mass is 350 g/mol. The molecular formula is C23H18N4. The maximum Gasteiger partial charge on any atom is 0.0937 e. The number of hydrogen-bond acceptors (Lipinski definition) is 4. The van der Waals surface area contributed by atoms with E-state index in [1.165, 1.54) is 5.56 Å². The fourth-order valence-corrected chi connectivity index (χ4v) is 4.17. The smallest absolute Gasteiger partial charge is 0.0937 e. The first-order valence-electron chi connectivity index (χ1n) is 8.84. The van der Waals surface area contributed by atoms with E-state index in [-0.39, 0.29) is 0 Å². The highest BCUT2D eigenvalue weighted by molar-refractivity contribution is 5.82. The summed E-state index contributed by atoms with van der Waals surface area (Å²) in [5.74, 6) is 0. The molecule has 0 spiro atoms. The molecule has 0 radical (unpaired) electrons. The van der Waals surface area contributed by atoms with Crippen molar-refractivity contribution in [2.75, 3.05) is 11.5 Å². The van der Waals surface area contributed by atoms with Crippen LogP contribution in [0, 0.1) is 0 Å². The highest BCUT2D eigenvalue weighted by Crippen LogP contribution is 2.54. The second-order valence-corrected chi connectivity index (χ2v) is 6.79. The Balaban J connectivity index is 1.94. The minimum absolute atomic E-state index is 0.554. The largest absolute Gasteiger partial charge is 0.399 e. The van der Waals surface area contributed by atoms with Crippen LogP contribution in [-0.2, 0) is 5.41 Å². The quantitative estimate of drug-likeness (QED) is 0.472. The lowest BCUT2D eigenvalue weighted by Gasteiger charge is -2.32. The molecule has 1 aromatic heterocycles. The first kappa shape index (κ1) is 15.6. The van der Waals surface area contributed by atoms with E-state index in [1.54, 1.807) is 12.4 Å². The SMILES string of the molecule is Nc1ccc(C2(c3ccc(N)cc3)c3ccccc3-c3nccnc32)cc1. The molecule has 0 aliphatic heterocycles. The van der Waals surface area contributed by atoms with Gasteiger partial charge in [-0.15, -0.1) is 0 Å². The average Bonchev–Trinajstić information content (AvgIpc) is 3.01. The summed E-state index contributed by atoms with van der Waals surface area (Å²) >= 11 is 0. The lowest BCUT2D eigenvalue weighted by Crippen LogP contribution is -2.29. The van der Waals surface area contributed by atoms with Crippen LogP contribution in [0.25, 0.3) is 11.3 Å². The summed E-state index contributed by atoms with van der Waals surface area (Å²) in [6.45, 7) is 0. The predicted molar refractivity (Wildman–Crippen MR) is 108 cm³/mol. The molecule has 1 heterocycles. The van der Waals surface area contributed by atoms with Gasteiger partial charge in [0.15, 0.2) is 0 Å². The minimum atomic E-state index is -0.554. The average molecular weight is 350 g/mol. The lowest BCUT2D eigenvalue weighted by atomic mass is 9.69. The Kier molecular flexibility index (Phi) is 3.28. The zero-order valence-electron chi connectivity index (χ0n) is 14.6. The Morgan fingerprint density at radius 1 is 0.630 bits per heavy atom. The Morgan fingerprint density at radius 3 is 1.81 bits per heavy atom. The van der Waals surface area contributed by atoms with Crippen molar-refractivity contribution in [3.63, 3.8) is 0 Å². The van der Waals surface area contributed by atoms with E-state index in [0.717, 1.165) is 39.5 Å². The van der Waals surface area contributed by atoms with Gasteiger partial charge in [-0.25, -0.2) is 0 Å². The highest BCUT2D eigenvalue weighted by Gasteiger charge is 2.48. The molecule has 0 saturated carbocycles. The molecule has 4 heteroatoms. The summed E-state index contributed by atoms with van der Waals surface area (Å²) in [6.07, 6.45) is 3.51. The van der Waals surface area contributed by atoms with E-state index in [0.29, 0.717) is 0 Å².